The van der Waals surface area contributed by atoms with Crippen LogP contribution in [-0.2, 0) is 9.59 Å². The van der Waals surface area contributed by atoms with Crippen molar-refractivity contribution in [2.45, 2.75) is 32.6 Å². The van der Waals surface area contributed by atoms with Gasteiger partial charge in [0.15, 0.2) is 0 Å². The van der Waals surface area contributed by atoms with E-state index in [0.717, 1.165) is 31.1 Å². The fraction of sp³-hybridized carbons (Fsp3) is 0.667. The summed E-state index contributed by atoms with van der Waals surface area (Å²) in [6, 6.07) is 0. The zero-order valence-electron chi connectivity index (χ0n) is 8.58. The van der Waals surface area contributed by atoms with E-state index in [0.29, 0.717) is 12.2 Å². The van der Waals surface area contributed by atoms with E-state index in [4.69, 9.17) is 0 Å². The molecular formula is C12H16O2. The first kappa shape index (κ1) is 9.63. The van der Waals surface area contributed by atoms with Crippen molar-refractivity contribution in [1.82, 2.24) is 0 Å². The summed E-state index contributed by atoms with van der Waals surface area (Å²) in [5.41, 5.74) is 0.656. The summed E-state index contributed by atoms with van der Waals surface area (Å²) < 4.78 is 0. The molecule has 0 heterocycles. The van der Waals surface area contributed by atoms with Crippen LogP contribution in [0.4, 0.5) is 0 Å². The summed E-state index contributed by atoms with van der Waals surface area (Å²) in [7, 11) is 0. The second-order valence-electron chi connectivity index (χ2n) is 4.71. The standard InChI is InChI=1S/C12H16O2/c1-8-3-5-10-9(7-13)4-6-11(14)12(8,10)2/h7,9-10H,1,3-6H2,2H3/t9-,10-,12-/m1/s1. The molecule has 76 valence electrons. The predicted molar refractivity (Wildman–Crippen MR) is 53.8 cm³/mol. The molecule has 0 saturated heterocycles. The van der Waals surface area contributed by atoms with E-state index < -0.39 is 0 Å². The number of carbonyl (C=O) groups is 2. The lowest BCUT2D eigenvalue weighted by Gasteiger charge is -2.38. The molecule has 0 spiro atoms. The summed E-state index contributed by atoms with van der Waals surface area (Å²) in [4.78, 5) is 22.8. The molecule has 2 heteroatoms. The van der Waals surface area contributed by atoms with Gasteiger partial charge in [0, 0.05) is 12.3 Å². The lowest BCUT2D eigenvalue weighted by Crippen LogP contribution is -2.41. The van der Waals surface area contributed by atoms with Crippen LogP contribution < -0.4 is 0 Å². The minimum absolute atomic E-state index is 0.0805. The highest BCUT2D eigenvalue weighted by Crippen LogP contribution is 2.54. The third-order valence-electron chi connectivity index (χ3n) is 4.21. The zero-order chi connectivity index (χ0) is 10.3. The quantitative estimate of drug-likeness (QED) is 0.471. The normalized spacial score (nSPS) is 42.4. The second kappa shape index (κ2) is 3.04. The number of aldehydes is 1. The molecule has 14 heavy (non-hydrogen) atoms. The average Bonchev–Trinajstić information content (AvgIpc) is 2.48. The maximum Gasteiger partial charge on any atom is 0.143 e. The number of rotatable bonds is 1. The molecule has 3 atom stereocenters. The van der Waals surface area contributed by atoms with Crippen LogP contribution in [0, 0.1) is 17.3 Å². The van der Waals surface area contributed by atoms with Crippen molar-refractivity contribution in [1.29, 1.82) is 0 Å². The van der Waals surface area contributed by atoms with Gasteiger partial charge in [-0.15, -0.1) is 0 Å². The Balaban J connectivity index is 2.39. The van der Waals surface area contributed by atoms with Gasteiger partial charge in [-0.05, 0) is 32.1 Å². The Morgan fingerprint density at radius 1 is 1.43 bits per heavy atom. The third kappa shape index (κ3) is 1.03. The van der Waals surface area contributed by atoms with E-state index in [2.05, 4.69) is 6.58 Å². The molecule has 0 bridgehead atoms. The van der Waals surface area contributed by atoms with Crippen LogP contribution in [-0.4, -0.2) is 12.1 Å². The minimum atomic E-state index is -0.385. The van der Waals surface area contributed by atoms with E-state index in [1.165, 1.54) is 0 Å². The Morgan fingerprint density at radius 2 is 2.14 bits per heavy atom. The molecule has 2 fully saturated rings. The molecule has 0 aromatic heterocycles. The molecule has 0 radical (unpaired) electrons. The molecule has 2 saturated carbocycles. The van der Waals surface area contributed by atoms with Gasteiger partial charge in [0.25, 0.3) is 0 Å². The van der Waals surface area contributed by atoms with E-state index in [1.54, 1.807) is 0 Å². The van der Waals surface area contributed by atoms with Gasteiger partial charge in [-0.2, -0.15) is 0 Å². The molecule has 2 aliphatic rings. The number of ketones is 1. The lowest BCUT2D eigenvalue weighted by atomic mass is 9.63. The van der Waals surface area contributed by atoms with Crippen LogP contribution in [0.5, 0.6) is 0 Å². The summed E-state index contributed by atoms with van der Waals surface area (Å²) in [5, 5.41) is 0. The van der Waals surface area contributed by atoms with Crippen molar-refractivity contribution in [2.24, 2.45) is 17.3 Å². The molecule has 0 aromatic carbocycles. The number of allylic oxidation sites excluding steroid dienone is 1. The fourth-order valence-electron chi connectivity index (χ4n) is 3.11. The topological polar surface area (TPSA) is 34.1 Å². The monoisotopic (exact) mass is 192 g/mol. The van der Waals surface area contributed by atoms with Gasteiger partial charge in [-0.25, -0.2) is 0 Å². The molecule has 2 aliphatic carbocycles. The van der Waals surface area contributed by atoms with Crippen LogP contribution in [0.3, 0.4) is 0 Å². The van der Waals surface area contributed by atoms with Gasteiger partial charge < -0.3 is 4.79 Å². The van der Waals surface area contributed by atoms with E-state index in [9.17, 15) is 9.59 Å². The predicted octanol–water partition coefficient (Wildman–Crippen LogP) is 2.14. The van der Waals surface area contributed by atoms with Gasteiger partial charge >= 0.3 is 0 Å². The lowest BCUT2D eigenvalue weighted by molar-refractivity contribution is -0.134. The van der Waals surface area contributed by atoms with Crippen LogP contribution in [0.2, 0.25) is 0 Å². The van der Waals surface area contributed by atoms with Gasteiger partial charge in [-0.1, -0.05) is 12.2 Å². The summed E-state index contributed by atoms with van der Waals surface area (Å²) >= 11 is 0. The Labute approximate surface area is 84.4 Å². The van der Waals surface area contributed by atoms with Crippen LogP contribution >= 0.6 is 0 Å². The number of Topliss-reactive ketones (excluding diaryl/α,β-unsaturated/α-hetero) is 1. The first-order chi connectivity index (χ1) is 6.60. The van der Waals surface area contributed by atoms with Gasteiger partial charge in [0.05, 0.1) is 5.41 Å². The highest BCUT2D eigenvalue weighted by atomic mass is 16.1. The Bertz CT molecular complexity index is 305. The smallest absolute Gasteiger partial charge is 0.143 e. The van der Waals surface area contributed by atoms with Crippen molar-refractivity contribution >= 4 is 12.1 Å². The molecule has 0 aliphatic heterocycles. The summed E-state index contributed by atoms with van der Waals surface area (Å²) in [6.07, 6.45) is 4.21. The van der Waals surface area contributed by atoms with Crippen LogP contribution in [0.25, 0.3) is 0 Å². The van der Waals surface area contributed by atoms with Crippen molar-refractivity contribution in [3.63, 3.8) is 0 Å². The van der Waals surface area contributed by atoms with E-state index in [-0.39, 0.29) is 17.3 Å². The third-order valence-corrected chi connectivity index (χ3v) is 4.21. The Morgan fingerprint density at radius 3 is 2.79 bits per heavy atom. The number of hydrogen-bond acceptors (Lipinski definition) is 2. The van der Waals surface area contributed by atoms with Gasteiger partial charge in [0.1, 0.15) is 12.1 Å². The fourth-order valence-corrected chi connectivity index (χ4v) is 3.11. The Hall–Kier alpha value is -0.920. The van der Waals surface area contributed by atoms with Crippen molar-refractivity contribution < 1.29 is 9.59 Å². The van der Waals surface area contributed by atoms with Gasteiger partial charge in [0.2, 0.25) is 0 Å². The first-order valence-corrected chi connectivity index (χ1v) is 5.27. The van der Waals surface area contributed by atoms with E-state index >= 15 is 0 Å². The highest BCUT2D eigenvalue weighted by Gasteiger charge is 2.52. The number of fused-ring (bicyclic) bond motifs is 1. The molecule has 2 rings (SSSR count). The number of hydrogen-bond donors (Lipinski definition) is 0. The molecule has 0 unspecified atom stereocenters. The average molecular weight is 192 g/mol. The van der Waals surface area contributed by atoms with E-state index in [1.807, 2.05) is 6.92 Å². The first-order valence-electron chi connectivity index (χ1n) is 5.27. The second-order valence-corrected chi connectivity index (χ2v) is 4.71. The maximum absolute atomic E-state index is 11.9. The SMILES string of the molecule is C=C1CC[C@@H]2[C@@H](C=O)CCC(=O)[C@]12C. The Kier molecular flexibility index (Phi) is 2.09. The summed E-state index contributed by atoms with van der Waals surface area (Å²) in [6.45, 7) is 5.97. The molecular weight excluding hydrogens is 176 g/mol. The largest absolute Gasteiger partial charge is 0.303 e. The minimum Gasteiger partial charge on any atom is -0.303 e. The maximum atomic E-state index is 11.9. The number of carbonyl (C=O) groups excluding carboxylic acids is 2. The highest BCUT2D eigenvalue weighted by molar-refractivity contribution is 5.90. The van der Waals surface area contributed by atoms with Crippen molar-refractivity contribution in [2.75, 3.05) is 0 Å². The molecule has 0 amide bonds. The summed E-state index contributed by atoms with van der Waals surface area (Å²) in [5.74, 6) is 0.605. The van der Waals surface area contributed by atoms with Crippen molar-refractivity contribution in [3.8, 4) is 0 Å². The van der Waals surface area contributed by atoms with Crippen LogP contribution in [0.1, 0.15) is 32.6 Å². The molecule has 0 N–H and O–H groups in total. The molecule has 0 aromatic rings. The molecule has 2 nitrogen and oxygen atoms in total. The van der Waals surface area contributed by atoms with Crippen LogP contribution in [0.15, 0.2) is 12.2 Å². The zero-order valence-corrected chi connectivity index (χ0v) is 8.58. The van der Waals surface area contributed by atoms with Crippen molar-refractivity contribution in [3.05, 3.63) is 12.2 Å². The van der Waals surface area contributed by atoms with Gasteiger partial charge in [-0.3, -0.25) is 4.79 Å².